The van der Waals surface area contributed by atoms with Crippen molar-refractivity contribution in [3.63, 3.8) is 0 Å². The normalized spacial score (nSPS) is 11.8. The van der Waals surface area contributed by atoms with Crippen molar-refractivity contribution >= 4 is 37.5 Å². The molecule has 3 N–H and O–H groups in total. The largest absolute Gasteiger partial charge is 0.481 e. The topological polar surface area (TPSA) is 110 Å². The van der Waals surface area contributed by atoms with Crippen molar-refractivity contribution in [1.82, 2.24) is 4.98 Å². The van der Waals surface area contributed by atoms with Crippen LogP contribution in [0.4, 0.5) is 0 Å². The molecular formula is C10H10N2O4S2. The highest BCUT2D eigenvalue weighted by Gasteiger charge is 2.14. The molecule has 0 unspecified atom stereocenters. The predicted octanol–water partition coefficient (Wildman–Crippen LogP) is 0.961. The van der Waals surface area contributed by atoms with Crippen molar-refractivity contribution in [2.75, 3.05) is 0 Å². The van der Waals surface area contributed by atoms with E-state index in [-0.39, 0.29) is 10.8 Å². The number of carboxylic acid groups (broad SMARTS) is 1. The Balaban J connectivity index is 2.37. The number of rotatable bonds is 4. The number of primary sulfonamides is 1. The third kappa shape index (κ3) is 2.84. The van der Waals surface area contributed by atoms with Crippen LogP contribution < -0.4 is 5.14 Å². The molecule has 0 atom stereocenters. The third-order valence-electron chi connectivity index (χ3n) is 2.30. The van der Waals surface area contributed by atoms with E-state index in [1.165, 1.54) is 0 Å². The summed E-state index contributed by atoms with van der Waals surface area (Å²) in [5.41, 5.74) is 1.32. The van der Waals surface area contributed by atoms with Crippen LogP contribution in [0.5, 0.6) is 0 Å². The zero-order chi connectivity index (χ0) is 13.3. The Hall–Kier alpha value is -1.51. The molecule has 0 fully saturated rings. The predicted molar refractivity (Wildman–Crippen MR) is 67.0 cm³/mol. The zero-order valence-electron chi connectivity index (χ0n) is 9.16. The van der Waals surface area contributed by atoms with Crippen molar-refractivity contribution in [2.45, 2.75) is 17.2 Å². The van der Waals surface area contributed by atoms with Crippen LogP contribution in [0.15, 0.2) is 22.5 Å². The highest BCUT2D eigenvalue weighted by Crippen LogP contribution is 2.25. The fourth-order valence-electron chi connectivity index (χ4n) is 1.48. The number of thiazole rings is 1. The molecule has 1 heterocycles. The molecule has 0 aliphatic carbocycles. The maximum absolute atomic E-state index is 11.2. The quantitative estimate of drug-likeness (QED) is 0.869. The minimum absolute atomic E-state index is 0.0255. The molecule has 2 aromatic rings. The number of nitrogens with two attached hydrogens (primary N) is 1. The van der Waals surface area contributed by atoms with Crippen LogP contribution in [0, 0.1) is 0 Å². The van der Waals surface area contributed by atoms with Gasteiger partial charge in [0.1, 0.15) is 0 Å². The maximum Gasteiger partial charge on any atom is 0.303 e. The van der Waals surface area contributed by atoms with Gasteiger partial charge < -0.3 is 5.11 Å². The monoisotopic (exact) mass is 286 g/mol. The molecule has 0 radical (unpaired) electrons. The lowest BCUT2D eigenvalue weighted by Crippen LogP contribution is -2.11. The van der Waals surface area contributed by atoms with Gasteiger partial charge in [-0.2, -0.15) is 0 Å². The van der Waals surface area contributed by atoms with E-state index in [9.17, 15) is 13.2 Å². The summed E-state index contributed by atoms with van der Waals surface area (Å²) in [6, 6.07) is 5.17. The lowest BCUT2D eigenvalue weighted by atomic mass is 10.1. The van der Waals surface area contributed by atoms with E-state index in [4.69, 9.17) is 10.2 Å². The number of hydrogen-bond donors (Lipinski definition) is 2. The average Bonchev–Trinajstić information content (AvgIpc) is 2.68. The van der Waals surface area contributed by atoms with Crippen molar-refractivity contribution in [3.05, 3.63) is 23.8 Å². The SMILES string of the molecule is NS(=O)(=O)c1nc2cc(CCC(=O)O)ccc2s1. The van der Waals surface area contributed by atoms with Crippen LogP contribution in [0.25, 0.3) is 10.2 Å². The second-order valence-electron chi connectivity index (χ2n) is 3.72. The molecule has 6 nitrogen and oxygen atoms in total. The molecular weight excluding hydrogens is 276 g/mol. The number of nitrogens with zero attached hydrogens (tertiary/aromatic N) is 1. The molecule has 0 amide bonds. The molecule has 0 saturated carbocycles. The Morgan fingerprint density at radius 1 is 1.44 bits per heavy atom. The summed E-state index contributed by atoms with van der Waals surface area (Å²) < 4.78 is 22.9. The molecule has 0 spiro atoms. The van der Waals surface area contributed by atoms with Crippen LogP contribution in [0.2, 0.25) is 0 Å². The summed E-state index contributed by atoms with van der Waals surface area (Å²) >= 11 is 0.997. The van der Waals surface area contributed by atoms with E-state index in [0.717, 1.165) is 16.9 Å². The summed E-state index contributed by atoms with van der Waals surface area (Å²) in [5.74, 6) is -0.876. The molecule has 0 bridgehead atoms. The van der Waals surface area contributed by atoms with Gasteiger partial charge in [-0.3, -0.25) is 4.79 Å². The molecule has 18 heavy (non-hydrogen) atoms. The highest BCUT2D eigenvalue weighted by molar-refractivity contribution is 7.91. The number of aliphatic carboxylic acids is 1. The summed E-state index contributed by atoms with van der Waals surface area (Å²) in [4.78, 5) is 14.4. The molecule has 1 aromatic carbocycles. The van der Waals surface area contributed by atoms with E-state index in [1.807, 2.05) is 0 Å². The van der Waals surface area contributed by atoms with Crippen molar-refractivity contribution in [3.8, 4) is 0 Å². The Labute approximate surface area is 107 Å². The molecule has 0 aliphatic rings. The molecule has 0 aliphatic heterocycles. The Morgan fingerprint density at radius 2 is 2.17 bits per heavy atom. The third-order valence-corrected chi connectivity index (χ3v) is 4.66. The van der Waals surface area contributed by atoms with Crippen LogP contribution in [0.3, 0.4) is 0 Å². The fraction of sp³-hybridized carbons (Fsp3) is 0.200. The van der Waals surface area contributed by atoms with Crippen molar-refractivity contribution in [2.24, 2.45) is 5.14 Å². The maximum atomic E-state index is 11.2. The number of fused-ring (bicyclic) bond motifs is 1. The molecule has 1 aromatic heterocycles. The van der Waals surface area contributed by atoms with E-state index in [1.54, 1.807) is 18.2 Å². The second kappa shape index (κ2) is 4.63. The van der Waals surface area contributed by atoms with Crippen molar-refractivity contribution in [1.29, 1.82) is 0 Å². The van der Waals surface area contributed by atoms with E-state index in [0.29, 0.717) is 16.6 Å². The summed E-state index contributed by atoms with van der Waals surface area (Å²) in [6.45, 7) is 0. The fourth-order valence-corrected chi connectivity index (χ4v) is 3.12. The smallest absolute Gasteiger partial charge is 0.303 e. The minimum Gasteiger partial charge on any atom is -0.481 e. The number of sulfonamides is 1. The zero-order valence-corrected chi connectivity index (χ0v) is 10.8. The van der Waals surface area contributed by atoms with Crippen molar-refractivity contribution < 1.29 is 18.3 Å². The van der Waals surface area contributed by atoms with Crippen LogP contribution >= 0.6 is 11.3 Å². The van der Waals surface area contributed by atoms with E-state index in [2.05, 4.69) is 4.98 Å². The number of aryl methyl sites for hydroxylation is 1. The van der Waals surface area contributed by atoms with Crippen LogP contribution in [-0.4, -0.2) is 24.5 Å². The number of benzene rings is 1. The average molecular weight is 286 g/mol. The lowest BCUT2D eigenvalue weighted by molar-refractivity contribution is -0.136. The lowest BCUT2D eigenvalue weighted by Gasteiger charge is -1.97. The molecule has 0 saturated heterocycles. The van der Waals surface area contributed by atoms with Gasteiger partial charge in [0.05, 0.1) is 10.2 Å². The van der Waals surface area contributed by atoms with Gasteiger partial charge in [0.2, 0.25) is 4.34 Å². The van der Waals surface area contributed by atoms with Gasteiger partial charge in [-0.1, -0.05) is 6.07 Å². The number of hydrogen-bond acceptors (Lipinski definition) is 5. The Morgan fingerprint density at radius 3 is 2.78 bits per heavy atom. The first-order valence-electron chi connectivity index (χ1n) is 5.00. The Kier molecular flexibility index (Phi) is 3.33. The van der Waals surface area contributed by atoms with Crippen LogP contribution in [-0.2, 0) is 21.2 Å². The number of aromatic nitrogens is 1. The van der Waals surface area contributed by atoms with E-state index >= 15 is 0 Å². The van der Waals surface area contributed by atoms with Gasteiger partial charge in [-0.25, -0.2) is 18.5 Å². The number of carboxylic acids is 1. The van der Waals surface area contributed by atoms with Gasteiger partial charge in [0.25, 0.3) is 10.0 Å². The minimum atomic E-state index is -3.79. The highest BCUT2D eigenvalue weighted by atomic mass is 32.2. The molecule has 8 heteroatoms. The van der Waals surface area contributed by atoms with Gasteiger partial charge >= 0.3 is 5.97 Å². The van der Waals surface area contributed by atoms with Gasteiger partial charge in [-0.05, 0) is 24.1 Å². The first kappa shape index (κ1) is 12.9. The van der Waals surface area contributed by atoms with Gasteiger partial charge in [0.15, 0.2) is 0 Å². The molecule has 96 valence electrons. The summed E-state index contributed by atoms with van der Waals surface area (Å²) in [7, 11) is -3.79. The Bertz CT molecular complexity index is 706. The summed E-state index contributed by atoms with van der Waals surface area (Å²) in [6.07, 6.45) is 0.408. The molecule has 2 rings (SSSR count). The van der Waals surface area contributed by atoms with Crippen LogP contribution in [0.1, 0.15) is 12.0 Å². The first-order chi connectivity index (χ1) is 8.36. The first-order valence-corrected chi connectivity index (χ1v) is 7.36. The standard InChI is InChI=1S/C10H10N2O4S2/c11-18(15,16)10-12-7-5-6(2-4-9(13)14)1-3-8(7)17-10/h1,3,5H,2,4H2,(H,13,14)(H2,11,15,16). The summed E-state index contributed by atoms with van der Waals surface area (Å²) in [5, 5.41) is 13.6. The van der Waals surface area contributed by atoms with Gasteiger partial charge in [-0.15, -0.1) is 11.3 Å². The second-order valence-corrected chi connectivity index (χ2v) is 6.49. The van der Waals surface area contributed by atoms with Gasteiger partial charge in [0, 0.05) is 6.42 Å². The number of carbonyl (C=O) groups is 1. The van der Waals surface area contributed by atoms with E-state index < -0.39 is 16.0 Å².